The monoisotopic (exact) mass is 466 g/mol. The first-order valence-corrected chi connectivity index (χ1v) is 9.90. The number of hydrogen-bond donors (Lipinski definition) is 2. The molecular weight excluding hydrogens is 447 g/mol. The number of carbonyl (C=O) groups is 1. The number of alkyl halides is 4. The van der Waals surface area contributed by atoms with Crippen molar-refractivity contribution in [1.29, 1.82) is 0 Å². The Morgan fingerprint density at radius 1 is 1.19 bits per heavy atom. The first-order chi connectivity index (χ1) is 14.2. The predicted molar refractivity (Wildman–Crippen MR) is 102 cm³/mol. The van der Waals surface area contributed by atoms with Crippen LogP contribution in [0.4, 0.5) is 22.0 Å². The maximum absolute atomic E-state index is 14.4. The van der Waals surface area contributed by atoms with E-state index in [4.69, 9.17) is 9.84 Å². The zero-order valence-corrected chi connectivity index (χ0v) is 17.4. The zero-order valence-electron chi connectivity index (χ0n) is 16.5. The third kappa shape index (κ3) is 6.52. The van der Waals surface area contributed by atoms with Crippen LogP contribution in [0.1, 0.15) is 38.1 Å². The molecule has 0 amide bonds. The van der Waals surface area contributed by atoms with Crippen LogP contribution < -0.4 is 9.46 Å². The van der Waals surface area contributed by atoms with Gasteiger partial charge in [0.1, 0.15) is 33.8 Å². The molecule has 0 aliphatic rings. The third-order valence-corrected chi connectivity index (χ3v) is 5.46. The summed E-state index contributed by atoms with van der Waals surface area (Å²) in [6, 6.07) is 2.79. The summed E-state index contributed by atoms with van der Waals surface area (Å²) in [6.45, 7) is 4.65. The Labute approximate surface area is 177 Å². The van der Waals surface area contributed by atoms with Crippen LogP contribution >= 0.6 is 0 Å². The molecule has 1 heterocycles. The fourth-order valence-corrected chi connectivity index (χ4v) is 3.11. The van der Waals surface area contributed by atoms with E-state index < -0.39 is 57.5 Å². The van der Waals surface area contributed by atoms with Gasteiger partial charge in [-0.1, -0.05) is 0 Å². The molecule has 0 spiro atoms. The van der Waals surface area contributed by atoms with Crippen LogP contribution in [0.3, 0.4) is 0 Å². The van der Waals surface area contributed by atoms with Gasteiger partial charge in [-0.15, -0.1) is 4.72 Å². The molecule has 6 nitrogen and oxygen atoms in total. The average molecular weight is 466 g/mol. The summed E-state index contributed by atoms with van der Waals surface area (Å²) in [5, 5.41) is 9.05. The molecule has 12 heteroatoms. The normalized spacial score (nSPS) is 15.3. The number of pyridine rings is 1. The van der Waals surface area contributed by atoms with Gasteiger partial charge in [0.15, 0.2) is 0 Å². The number of ether oxygens (including phenoxy) is 1. The standard InChI is InChI=1S/C19H19F5N2O4S/c1-18(2,3)31(29)26-16(15(21)17(27)28)12-8-10(4-6-13(12)20)30-11-5-7-14(25-9-11)19(22,23)24/h4-9,15-16,26H,1-3H3,(H,27,28)/t15?,16?,31-/m1/s1. The molecule has 0 aliphatic carbocycles. The van der Waals surface area contributed by atoms with Crippen molar-refractivity contribution in [1.82, 2.24) is 9.71 Å². The van der Waals surface area contributed by atoms with Crippen molar-refractivity contribution in [2.24, 2.45) is 0 Å². The largest absolute Gasteiger partial charge is 0.598 e. The van der Waals surface area contributed by atoms with Crippen LogP contribution in [0.2, 0.25) is 0 Å². The van der Waals surface area contributed by atoms with E-state index >= 15 is 0 Å². The number of aromatic nitrogens is 1. The molecule has 0 saturated carbocycles. The van der Waals surface area contributed by atoms with Crippen molar-refractivity contribution in [2.45, 2.75) is 43.9 Å². The molecule has 0 fully saturated rings. The number of halogens is 5. The van der Waals surface area contributed by atoms with Gasteiger partial charge in [0.25, 0.3) is 0 Å². The Kier molecular flexibility index (Phi) is 7.50. The van der Waals surface area contributed by atoms with E-state index in [0.29, 0.717) is 6.07 Å². The highest BCUT2D eigenvalue weighted by molar-refractivity contribution is 7.90. The molecule has 2 unspecified atom stereocenters. The summed E-state index contributed by atoms with van der Waals surface area (Å²) in [5.41, 5.74) is -1.62. The summed E-state index contributed by atoms with van der Waals surface area (Å²) in [7, 11) is 0. The maximum Gasteiger partial charge on any atom is 0.433 e. The van der Waals surface area contributed by atoms with Gasteiger partial charge in [0.05, 0.1) is 6.20 Å². The topological polar surface area (TPSA) is 94.5 Å². The predicted octanol–water partition coefficient (Wildman–Crippen LogP) is 4.55. The lowest BCUT2D eigenvalue weighted by molar-refractivity contribution is -0.144. The van der Waals surface area contributed by atoms with E-state index in [0.717, 1.165) is 30.5 Å². The molecule has 2 N–H and O–H groups in total. The van der Waals surface area contributed by atoms with Crippen LogP contribution in [0, 0.1) is 5.82 Å². The van der Waals surface area contributed by atoms with Gasteiger partial charge in [-0.3, -0.25) is 0 Å². The highest BCUT2D eigenvalue weighted by Crippen LogP contribution is 2.32. The fourth-order valence-electron chi connectivity index (χ4n) is 2.28. The van der Waals surface area contributed by atoms with E-state index in [1.165, 1.54) is 0 Å². The molecule has 0 bridgehead atoms. The van der Waals surface area contributed by atoms with Crippen LogP contribution in [0.15, 0.2) is 36.5 Å². The number of nitrogens with zero attached hydrogens (tertiary/aromatic N) is 1. The molecule has 1 aromatic carbocycles. The van der Waals surface area contributed by atoms with Gasteiger partial charge in [0.2, 0.25) is 6.17 Å². The van der Waals surface area contributed by atoms with Crippen LogP contribution in [0.5, 0.6) is 11.5 Å². The van der Waals surface area contributed by atoms with E-state index in [9.17, 15) is 31.3 Å². The molecule has 3 atom stereocenters. The van der Waals surface area contributed by atoms with Crippen molar-refractivity contribution in [2.75, 3.05) is 0 Å². The molecule has 31 heavy (non-hydrogen) atoms. The minimum absolute atomic E-state index is 0.121. The van der Waals surface area contributed by atoms with E-state index in [1.807, 2.05) is 0 Å². The lowest BCUT2D eigenvalue weighted by atomic mass is 10.0. The number of hydrogen-bond acceptors (Lipinski definition) is 5. The van der Waals surface area contributed by atoms with Crippen LogP contribution in [0.25, 0.3) is 0 Å². The molecular formula is C19H19F5N2O4S. The Morgan fingerprint density at radius 2 is 1.81 bits per heavy atom. The summed E-state index contributed by atoms with van der Waals surface area (Å²) in [5.74, 6) is -3.14. The maximum atomic E-state index is 14.4. The number of benzene rings is 1. The van der Waals surface area contributed by atoms with Gasteiger partial charge in [-0.05, 0) is 51.1 Å². The number of carboxylic acid groups (broad SMARTS) is 1. The van der Waals surface area contributed by atoms with Crippen molar-refractivity contribution in [3.8, 4) is 11.5 Å². The van der Waals surface area contributed by atoms with Crippen molar-refractivity contribution in [3.05, 3.63) is 53.6 Å². The highest BCUT2D eigenvalue weighted by atomic mass is 32.2. The van der Waals surface area contributed by atoms with Crippen molar-refractivity contribution < 1.29 is 41.1 Å². The number of rotatable bonds is 7. The SMILES string of the molecule is CC(C)(C)[S@@+]([O-])NC(c1cc(Oc2ccc(C(F)(F)F)nc2)ccc1F)C(F)C(=O)O. The Balaban J connectivity index is 2.36. The molecule has 0 radical (unpaired) electrons. The lowest BCUT2D eigenvalue weighted by Crippen LogP contribution is -2.45. The van der Waals surface area contributed by atoms with Gasteiger partial charge < -0.3 is 14.4 Å². The Bertz CT molecular complexity index is 919. The van der Waals surface area contributed by atoms with E-state index in [-0.39, 0.29) is 11.5 Å². The third-order valence-electron chi connectivity index (χ3n) is 3.88. The molecule has 2 rings (SSSR count). The quantitative estimate of drug-likeness (QED) is 0.459. The Hall–Kier alpha value is -2.44. The second kappa shape index (κ2) is 9.37. The van der Waals surface area contributed by atoms with Gasteiger partial charge >= 0.3 is 12.1 Å². The zero-order chi connectivity index (χ0) is 23.6. The molecule has 2 aromatic rings. The molecule has 0 aliphatic heterocycles. The van der Waals surface area contributed by atoms with E-state index in [1.54, 1.807) is 20.8 Å². The number of nitrogens with one attached hydrogen (secondary N) is 1. The van der Waals surface area contributed by atoms with Gasteiger partial charge in [-0.2, -0.15) is 13.2 Å². The van der Waals surface area contributed by atoms with Crippen molar-refractivity contribution in [3.63, 3.8) is 0 Å². The lowest BCUT2D eigenvalue weighted by Gasteiger charge is -2.29. The smallest absolute Gasteiger partial charge is 0.433 e. The second-order valence-corrected chi connectivity index (χ2v) is 9.38. The van der Waals surface area contributed by atoms with E-state index in [2.05, 4.69) is 9.71 Å². The number of carboxylic acids is 1. The van der Waals surface area contributed by atoms with Gasteiger partial charge in [0, 0.05) is 16.9 Å². The average Bonchev–Trinajstić information content (AvgIpc) is 2.66. The molecule has 0 saturated heterocycles. The summed E-state index contributed by atoms with van der Waals surface area (Å²) >= 11 is -1.95. The number of aliphatic carboxylic acids is 1. The Morgan fingerprint density at radius 3 is 2.29 bits per heavy atom. The summed E-state index contributed by atoms with van der Waals surface area (Å²) < 4.78 is 85.7. The second-order valence-electron chi connectivity index (χ2n) is 7.38. The molecule has 1 aromatic heterocycles. The van der Waals surface area contributed by atoms with Crippen LogP contribution in [-0.4, -0.2) is 31.5 Å². The van der Waals surface area contributed by atoms with Crippen molar-refractivity contribution >= 4 is 17.3 Å². The van der Waals surface area contributed by atoms with Gasteiger partial charge in [-0.25, -0.2) is 18.6 Å². The minimum atomic E-state index is -4.64. The summed E-state index contributed by atoms with van der Waals surface area (Å²) in [4.78, 5) is 14.4. The minimum Gasteiger partial charge on any atom is -0.598 e. The first kappa shape index (κ1) is 24.8. The molecule has 170 valence electrons. The van der Waals surface area contributed by atoms with Crippen LogP contribution in [-0.2, 0) is 22.3 Å². The first-order valence-electron chi connectivity index (χ1n) is 8.75. The summed E-state index contributed by atoms with van der Waals surface area (Å²) in [6.07, 6.45) is -6.49. The highest BCUT2D eigenvalue weighted by Gasteiger charge is 2.38. The fraction of sp³-hybridized carbons (Fsp3) is 0.368.